The van der Waals surface area contributed by atoms with Gasteiger partial charge < -0.3 is 20.6 Å². The number of nitrogen functional groups attached to an aromatic ring is 1. The van der Waals surface area contributed by atoms with E-state index in [1.807, 2.05) is 6.07 Å². The molecule has 2 heterocycles. The number of rotatable bonds is 3. The molecule has 0 unspecified atom stereocenters. The monoisotopic (exact) mass is 198 g/mol. The zero-order valence-electron chi connectivity index (χ0n) is 6.91. The van der Waals surface area contributed by atoms with Crippen molar-refractivity contribution in [2.45, 2.75) is 0 Å². The summed E-state index contributed by atoms with van der Waals surface area (Å²) in [6.45, 7) is 0.590. The van der Waals surface area contributed by atoms with Gasteiger partial charge in [0.2, 0.25) is 0 Å². The van der Waals surface area contributed by atoms with E-state index in [-0.39, 0.29) is 6.61 Å². The average Bonchev–Trinajstić information content (AvgIpc) is 2.57. The molecular weight excluding hydrogens is 188 g/mol. The number of furan rings is 1. The molecule has 4 N–H and O–H groups in total. The lowest BCUT2D eigenvalue weighted by atomic mass is 10.5. The Bertz CT molecular complexity index is 376. The van der Waals surface area contributed by atoms with Crippen molar-refractivity contribution in [3.8, 4) is 0 Å². The zero-order valence-corrected chi connectivity index (χ0v) is 7.73. The summed E-state index contributed by atoms with van der Waals surface area (Å²) in [6.07, 6.45) is 0. The molecule has 0 amide bonds. The van der Waals surface area contributed by atoms with Gasteiger partial charge in [-0.3, -0.25) is 0 Å². The van der Waals surface area contributed by atoms with E-state index in [0.29, 0.717) is 12.4 Å². The van der Waals surface area contributed by atoms with Crippen LogP contribution in [0.5, 0.6) is 0 Å². The van der Waals surface area contributed by atoms with E-state index in [1.165, 1.54) is 11.3 Å². The van der Waals surface area contributed by atoms with Crippen LogP contribution >= 0.6 is 11.3 Å². The first-order chi connectivity index (χ1) is 6.29. The van der Waals surface area contributed by atoms with E-state index in [1.54, 1.807) is 6.07 Å². The van der Waals surface area contributed by atoms with Crippen LogP contribution in [0.2, 0.25) is 0 Å². The molecule has 0 radical (unpaired) electrons. The van der Waals surface area contributed by atoms with Crippen molar-refractivity contribution in [3.05, 3.63) is 12.1 Å². The maximum atomic E-state index is 8.58. The Balaban J connectivity index is 2.24. The van der Waals surface area contributed by atoms with Gasteiger partial charge in [0, 0.05) is 18.7 Å². The maximum Gasteiger partial charge on any atom is 0.195 e. The van der Waals surface area contributed by atoms with Crippen LogP contribution in [-0.2, 0) is 0 Å². The van der Waals surface area contributed by atoms with Crippen LogP contribution in [0.25, 0.3) is 10.3 Å². The highest BCUT2D eigenvalue weighted by molar-refractivity contribution is 7.22. The number of aliphatic hydroxyl groups excluding tert-OH is 1. The summed E-state index contributed by atoms with van der Waals surface area (Å²) in [5.74, 6) is 0.676. The van der Waals surface area contributed by atoms with Crippen molar-refractivity contribution in [2.75, 3.05) is 24.2 Å². The molecule has 0 aliphatic heterocycles. The molecule has 0 saturated heterocycles. The van der Waals surface area contributed by atoms with Gasteiger partial charge in [-0.1, -0.05) is 0 Å². The molecule has 0 fully saturated rings. The lowest BCUT2D eigenvalue weighted by molar-refractivity contribution is 0.310. The highest BCUT2D eigenvalue weighted by Crippen LogP contribution is 2.32. The molecule has 0 spiro atoms. The fourth-order valence-electron chi connectivity index (χ4n) is 1.12. The first-order valence-electron chi connectivity index (χ1n) is 3.93. The molecule has 0 aliphatic rings. The normalized spacial score (nSPS) is 10.8. The highest BCUT2D eigenvalue weighted by atomic mass is 32.1. The summed E-state index contributed by atoms with van der Waals surface area (Å²) < 4.78 is 6.42. The van der Waals surface area contributed by atoms with E-state index in [9.17, 15) is 0 Å². The van der Waals surface area contributed by atoms with Gasteiger partial charge in [0.1, 0.15) is 5.58 Å². The first kappa shape index (κ1) is 8.40. The number of nitrogens with one attached hydrogen (secondary N) is 1. The molecule has 5 heteroatoms. The van der Waals surface area contributed by atoms with Crippen molar-refractivity contribution >= 4 is 32.5 Å². The first-order valence-corrected chi connectivity index (χ1v) is 4.75. The summed E-state index contributed by atoms with van der Waals surface area (Å²) >= 11 is 1.49. The van der Waals surface area contributed by atoms with Crippen LogP contribution in [-0.4, -0.2) is 18.3 Å². The van der Waals surface area contributed by atoms with Gasteiger partial charge >= 0.3 is 0 Å². The third-order valence-electron chi connectivity index (χ3n) is 1.64. The summed E-state index contributed by atoms with van der Waals surface area (Å²) in [7, 11) is 0. The average molecular weight is 198 g/mol. The van der Waals surface area contributed by atoms with Crippen LogP contribution in [0.15, 0.2) is 16.5 Å². The second-order valence-corrected chi connectivity index (χ2v) is 3.75. The molecule has 4 nitrogen and oxygen atoms in total. The molecule has 13 heavy (non-hydrogen) atoms. The van der Waals surface area contributed by atoms with Crippen LogP contribution in [0.3, 0.4) is 0 Å². The molecular formula is C8H10N2O2S. The topological polar surface area (TPSA) is 71.4 Å². The van der Waals surface area contributed by atoms with Gasteiger partial charge in [0.25, 0.3) is 0 Å². The van der Waals surface area contributed by atoms with E-state index in [4.69, 9.17) is 15.3 Å². The minimum Gasteiger partial charge on any atom is -0.440 e. The summed E-state index contributed by atoms with van der Waals surface area (Å²) in [6, 6.07) is 3.68. The van der Waals surface area contributed by atoms with E-state index in [0.717, 1.165) is 15.3 Å². The molecule has 70 valence electrons. The molecule has 0 atom stereocenters. The van der Waals surface area contributed by atoms with Gasteiger partial charge in [0.15, 0.2) is 5.88 Å². The SMILES string of the molecule is Nc1cc2oc(NCCO)cc2s1. The third-order valence-corrected chi connectivity index (χ3v) is 2.53. The number of hydrogen-bond acceptors (Lipinski definition) is 5. The Kier molecular flexibility index (Phi) is 2.12. The molecule has 2 rings (SSSR count). The predicted molar refractivity (Wildman–Crippen MR) is 54.1 cm³/mol. The van der Waals surface area contributed by atoms with Crippen molar-refractivity contribution in [1.29, 1.82) is 0 Å². The maximum absolute atomic E-state index is 8.58. The van der Waals surface area contributed by atoms with Crippen LogP contribution in [0.4, 0.5) is 10.9 Å². The molecule has 0 aliphatic carbocycles. The number of anilines is 2. The fraction of sp³-hybridized carbons (Fsp3) is 0.250. The Labute approximate surface area is 79.0 Å². The van der Waals surface area contributed by atoms with Crippen LogP contribution in [0, 0.1) is 0 Å². The van der Waals surface area contributed by atoms with Gasteiger partial charge in [-0.2, -0.15) is 0 Å². The predicted octanol–water partition coefficient (Wildman–Crippen LogP) is 1.48. The van der Waals surface area contributed by atoms with Gasteiger partial charge in [0.05, 0.1) is 16.3 Å². The Morgan fingerprint density at radius 1 is 1.54 bits per heavy atom. The van der Waals surface area contributed by atoms with E-state index < -0.39 is 0 Å². The summed E-state index contributed by atoms with van der Waals surface area (Å²) in [5.41, 5.74) is 6.38. The minimum atomic E-state index is 0.0937. The largest absolute Gasteiger partial charge is 0.440 e. The van der Waals surface area contributed by atoms with Gasteiger partial charge in [-0.25, -0.2) is 0 Å². The summed E-state index contributed by atoms with van der Waals surface area (Å²) in [5, 5.41) is 12.3. The molecule has 0 bridgehead atoms. The standard InChI is InChI=1S/C8H10N2O2S/c9-7-3-5-6(13-7)4-8(12-5)10-1-2-11/h3-4,10-11H,1-2,9H2. The number of aliphatic hydroxyl groups is 1. The van der Waals surface area contributed by atoms with Crippen LogP contribution in [0.1, 0.15) is 0 Å². The van der Waals surface area contributed by atoms with Gasteiger partial charge in [-0.05, 0) is 0 Å². The second-order valence-electron chi connectivity index (χ2n) is 2.64. The van der Waals surface area contributed by atoms with Crippen molar-refractivity contribution in [3.63, 3.8) is 0 Å². The third kappa shape index (κ3) is 1.61. The fourth-order valence-corrected chi connectivity index (χ4v) is 1.91. The van der Waals surface area contributed by atoms with Crippen molar-refractivity contribution in [2.24, 2.45) is 0 Å². The Hall–Kier alpha value is -1.20. The molecule has 0 aromatic carbocycles. The van der Waals surface area contributed by atoms with Gasteiger partial charge in [-0.15, -0.1) is 11.3 Å². The molecule has 2 aromatic heterocycles. The summed E-state index contributed by atoms with van der Waals surface area (Å²) in [4.78, 5) is 0. The number of hydrogen-bond donors (Lipinski definition) is 3. The Morgan fingerprint density at radius 3 is 3.08 bits per heavy atom. The lowest BCUT2D eigenvalue weighted by Crippen LogP contribution is -2.03. The molecule has 2 aromatic rings. The lowest BCUT2D eigenvalue weighted by Gasteiger charge is -1.96. The van der Waals surface area contributed by atoms with E-state index in [2.05, 4.69) is 5.32 Å². The quantitative estimate of drug-likeness (QED) is 0.698. The number of fused-ring (bicyclic) bond motifs is 1. The Morgan fingerprint density at radius 2 is 2.38 bits per heavy atom. The van der Waals surface area contributed by atoms with Crippen molar-refractivity contribution in [1.82, 2.24) is 0 Å². The highest BCUT2D eigenvalue weighted by Gasteiger charge is 2.05. The van der Waals surface area contributed by atoms with Crippen LogP contribution < -0.4 is 11.1 Å². The second kappa shape index (κ2) is 3.27. The number of thiophene rings is 1. The number of nitrogens with two attached hydrogens (primary N) is 1. The smallest absolute Gasteiger partial charge is 0.195 e. The molecule has 0 saturated carbocycles. The zero-order chi connectivity index (χ0) is 9.26. The van der Waals surface area contributed by atoms with Crippen molar-refractivity contribution < 1.29 is 9.52 Å². The van der Waals surface area contributed by atoms with E-state index >= 15 is 0 Å². The minimum absolute atomic E-state index is 0.0937.